The number of amides is 1. The summed E-state index contributed by atoms with van der Waals surface area (Å²) in [4.78, 5) is 12.6. The Morgan fingerprint density at radius 2 is 2.14 bits per heavy atom. The van der Waals surface area contributed by atoms with Gasteiger partial charge >= 0.3 is 0 Å². The third kappa shape index (κ3) is 2.79. The maximum atomic E-state index is 12.1. The number of hydrogen-bond acceptors (Lipinski definition) is 4. The van der Waals surface area contributed by atoms with Crippen molar-refractivity contribution in [2.45, 2.75) is 17.2 Å². The zero-order valence-corrected chi connectivity index (χ0v) is 13.6. The summed E-state index contributed by atoms with van der Waals surface area (Å²) < 4.78 is 25.6. The monoisotopic (exact) mass is 336 g/mol. The fourth-order valence-corrected chi connectivity index (χ4v) is 4.46. The summed E-state index contributed by atoms with van der Waals surface area (Å²) in [5.41, 5.74) is 2.62. The first-order chi connectivity index (χ1) is 10.5. The number of fused-ring (bicyclic) bond motifs is 1. The molecule has 0 aliphatic heterocycles. The van der Waals surface area contributed by atoms with Crippen molar-refractivity contribution >= 4 is 27.3 Å². The highest BCUT2D eigenvalue weighted by Gasteiger charge is 2.26. The molecule has 2 N–H and O–H groups in total. The van der Waals surface area contributed by atoms with Gasteiger partial charge in [-0.15, -0.1) is 11.3 Å². The number of sulfonamides is 1. The first kappa shape index (κ1) is 15.2. The molecule has 1 heterocycles. The molecular formula is C15H16N2O3S2. The summed E-state index contributed by atoms with van der Waals surface area (Å²) in [6.45, 7) is 0.571. The van der Waals surface area contributed by atoms with E-state index < -0.39 is 10.0 Å². The van der Waals surface area contributed by atoms with Crippen LogP contribution in [0.3, 0.4) is 0 Å². The molecule has 22 heavy (non-hydrogen) atoms. The van der Waals surface area contributed by atoms with Crippen LogP contribution in [0.5, 0.6) is 0 Å². The summed E-state index contributed by atoms with van der Waals surface area (Å²) in [6.07, 6.45) is 0.972. The Hall–Kier alpha value is -1.70. The highest BCUT2D eigenvalue weighted by Crippen LogP contribution is 2.34. The molecule has 0 saturated carbocycles. The van der Waals surface area contributed by atoms with Crippen molar-refractivity contribution in [2.24, 2.45) is 0 Å². The van der Waals surface area contributed by atoms with E-state index in [4.69, 9.17) is 0 Å². The van der Waals surface area contributed by atoms with Gasteiger partial charge in [-0.3, -0.25) is 4.79 Å². The van der Waals surface area contributed by atoms with Crippen molar-refractivity contribution in [1.29, 1.82) is 0 Å². The lowest BCUT2D eigenvalue weighted by Crippen LogP contribution is -2.32. The van der Waals surface area contributed by atoms with E-state index in [1.54, 1.807) is 0 Å². The fourth-order valence-electron chi connectivity index (χ4n) is 2.54. The highest BCUT2D eigenvalue weighted by atomic mass is 32.2. The lowest BCUT2D eigenvalue weighted by molar-refractivity contribution is 0.0954. The molecule has 1 aromatic carbocycles. The second-order valence-electron chi connectivity index (χ2n) is 5.16. The first-order valence-electron chi connectivity index (χ1n) is 6.89. The van der Waals surface area contributed by atoms with E-state index >= 15 is 0 Å². The fraction of sp³-hybridized carbons (Fsp3) is 0.267. The van der Waals surface area contributed by atoms with Crippen LogP contribution in [0.15, 0.2) is 40.6 Å². The van der Waals surface area contributed by atoms with E-state index in [1.807, 2.05) is 12.1 Å². The van der Waals surface area contributed by atoms with E-state index in [0.29, 0.717) is 17.3 Å². The highest BCUT2D eigenvalue weighted by molar-refractivity contribution is 7.89. The normalized spacial score (nSPS) is 16.7. The SMILES string of the molecule is CNS(=O)(=O)c1csc(C(=O)NC[C@H]2Cc3ccccc32)c1. The largest absolute Gasteiger partial charge is 0.351 e. The summed E-state index contributed by atoms with van der Waals surface area (Å²) in [6, 6.07) is 9.60. The number of carbonyl (C=O) groups excluding carboxylic acids is 1. The van der Waals surface area contributed by atoms with E-state index in [0.717, 1.165) is 17.8 Å². The smallest absolute Gasteiger partial charge is 0.261 e. The number of hydrogen-bond donors (Lipinski definition) is 2. The molecule has 1 atom stereocenters. The van der Waals surface area contributed by atoms with Crippen molar-refractivity contribution < 1.29 is 13.2 Å². The predicted molar refractivity (Wildman–Crippen MR) is 85.8 cm³/mol. The molecule has 3 rings (SSSR count). The van der Waals surface area contributed by atoms with Crippen molar-refractivity contribution in [3.63, 3.8) is 0 Å². The minimum absolute atomic E-state index is 0.124. The van der Waals surface area contributed by atoms with Gasteiger partial charge in [0.15, 0.2) is 0 Å². The van der Waals surface area contributed by atoms with E-state index in [1.165, 1.54) is 29.6 Å². The molecule has 2 aromatic rings. The van der Waals surface area contributed by atoms with Gasteiger partial charge in [0.25, 0.3) is 5.91 Å². The Labute approximate surface area is 133 Å². The molecule has 5 nitrogen and oxygen atoms in total. The quantitative estimate of drug-likeness (QED) is 0.873. The minimum Gasteiger partial charge on any atom is -0.351 e. The van der Waals surface area contributed by atoms with Crippen molar-refractivity contribution in [3.8, 4) is 0 Å². The average Bonchev–Trinajstić information content (AvgIpc) is 2.99. The molecule has 0 radical (unpaired) electrons. The molecule has 0 fully saturated rings. The maximum absolute atomic E-state index is 12.1. The number of rotatable bonds is 5. The minimum atomic E-state index is -3.50. The molecule has 0 bridgehead atoms. The van der Waals surface area contributed by atoms with E-state index in [2.05, 4.69) is 22.2 Å². The van der Waals surface area contributed by atoms with Crippen LogP contribution in [-0.2, 0) is 16.4 Å². The molecule has 1 aliphatic carbocycles. The van der Waals surface area contributed by atoms with Gasteiger partial charge in [-0.1, -0.05) is 24.3 Å². The summed E-state index contributed by atoms with van der Waals surface area (Å²) in [5.74, 6) is 0.118. The Bertz CT molecular complexity index is 812. The lowest BCUT2D eigenvalue weighted by Gasteiger charge is -2.30. The van der Waals surface area contributed by atoms with Crippen LogP contribution in [-0.4, -0.2) is 27.9 Å². The molecule has 1 amide bonds. The van der Waals surface area contributed by atoms with Crippen LogP contribution in [0.4, 0.5) is 0 Å². The van der Waals surface area contributed by atoms with Gasteiger partial charge in [-0.05, 0) is 30.7 Å². The van der Waals surface area contributed by atoms with Gasteiger partial charge < -0.3 is 5.32 Å². The number of benzene rings is 1. The third-order valence-corrected chi connectivity index (χ3v) is 6.32. The third-order valence-electron chi connectivity index (χ3n) is 3.85. The number of carbonyl (C=O) groups is 1. The van der Waals surface area contributed by atoms with Crippen LogP contribution < -0.4 is 10.0 Å². The van der Waals surface area contributed by atoms with Gasteiger partial charge in [0, 0.05) is 17.8 Å². The molecule has 1 aromatic heterocycles. The van der Waals surface area contributed by atoms with Crippen molar-refractivity contribution in [2.75, 3.05) is 13.6 Å². The van der Waals surface area contributed by atoms with Crippen LogP contribution in [0.2, 0.25) is 0 Å². The van der Waals surface area contributed by atoms with Gasteiger partial charge in [0.1, 0.15) is 0 Å². The zero-order valence-electron chi connectivity index (χ0n) is 12.0. The van der Waals surface area contributed by atoms with E-state index in [-0.39, 0.29) is 10.8 Å². The van der Waals surface area contributed by atoms with E-state index in [9.17, 15) is 13.2 Å². The van der Waals surface area contributed by atoms with Crippen molar-refractivity contribution in [3.05, 3.63) is 51.7 Å². The summed E-state index contributed by atoms with van der Waals surface area (Å²) >= 11 is 1.13. The average molecular weight is 336 g/mol. The lowest BCUT2D eigenvalue weighted by atomic mass is 9.77. The molecule has 7 heteroatoms. The topological polar surface area (TPSA) is 75.3 Å². The van der Waals surface area contributed by atoms with Gasteiger partial charge in [0.2, 0.25) is 10.0 Å². The Balaban J connectivity index is 1.62. The van der Waals surface area contributed by atoms with Crippen LogP contribution in [0, 0.1) is 0 Å². The second kappa shape index (κ2) is 5.83. The van der Waals surface area contributed by atoms with Gasteiger partial charge in [-0.25, -0.2) is 13.1 Å². The summed E-state index contributed by atoms with van der Waals surface area (Å²) in [5, 5.41) is 4.35. The van der Waals surface area contributed by atoms with Gasteiger partial charge in [-0.2, -0.15) is 0 Å². The van der Waals surface area contributed by atoms with Crippen LogP contribution in [0.25, 0.3) is 0 Å². The Kier molecular flexibility index (Phi) is 4.03. The molecule has 0 spiro atoms. The number of thiophene rings is 1. The van der Waals surface area contributed by atoms with Crippen molar-refractivity contribution in [1.82, 2.24) is 10.0 Å². The standard InChI is InChI=1S/C15H16N2O3S2/c1-16-22(19,20)12-7-14(21-9-12)15(18)17-8-11-6-10-4-2-3-5-13(10)11/h2-5,7,9,11,16H,6,8H2,1H3,(H,17,18)/t11-/m1/s1. The molecule has 0 saturated heterocycles. The predicted octanol–water partition coefficient (Wildman–Crippen LogP) is 1.73. The van der Waals surface area contributed by atoms with Crippen LogP contribution in [0.1, 0.15) is 26.7 Å². The molecule has 116 valence electrons. The maximum Gasteiger partial charge on any atom is 0.261 e. The molecule has 1 aliphatic rings. The Morgan fingerprint density at radius 1 is 1.36 bits per heavy atom. The summed E-state index contributed by atoms with van der Waals surface area (Å²) in [7, 11) is -2.15. The van der Waals surface area contributed by atoms with Crippen LogP contribution >= 0.6 is 11.3 Å². The number of nitrogens with one attached hydrogen (secondary N) is 2. The Morgan fingerprint density at radius 3 is 2.86 bits per heavy atom. The second-order valence-corrected chi connectivity index (χ2v) is 7.96. The van der Waals surface area contributed by atoms with Gasteiger partial charge in [0.05, 0.1) is 9.77 Å². The first-order valence-corrected chi connectivity index (χ1v) is 9.25. The molecule has 0 unspecified atom stereocenters. The zero-order chi connectivity index (χ0) is 15.7. The molecular weight excluding hydrogens is 320 g/mol.